The molecule has 0 aliphatic carbocycles. The Labute approximate surface area is 152 Å². The van der Waals surface area contributed by atoms with E-state index in [0.29, 0.717) is 6.04 Å². The minimum absolute atomic E-state index is 0.318. The second-order valence-electron chi connectivity index (χ2n) is 6.62. The SMILES string of the molecule is CCC(CC)CNCC(c1ccc(OC)c(OC)c1)N1CCOCC1. The summed E-state index contributed by atoms with van der Waals surface area (Å²) in [4.78, 5) is 2.50. The van der Waals surface area contributed by atoms with E-state index in [2.05, 4.69) is 36.2 Å². The molecule has 1 aromatic rings. The van der Waals surface area contributed by atoms with Crippen LogP contribution in [0.4, 0.5) is 0 Å². The molecule has 5 heteroatoms. The number of hydrogen-bond acceptors (Lipinski definition) is 5. The number of morpholine rings is 1. The zero-order valence-corrected chi connectivity index (χ0v) is 16.2. The van der Waals surface area contributed by atoms with Crippen LogP contribution in [0, 0.1) is 5.92 Å². The molecule has 1 aromatic carbocycles. The van der Waals surface area contributed by atoms with Gasteiger partial charge in [-0.05, 0) is 30.2 Å². The molecule has 0 bridgehead atoms. The third-order valence-electron chi connectivity index (χ3n) is 5.20. The van der Waals surface area contributed by atoms with Crippen molar-refractivity contribution in [3.05, 3.63) is 23.8 Å². The Bertz CT molecular complexity index is 500. The Morgan fingerprint density at radius 2 is 1.72 bits per heavy atom. The van der Waals surface area contributed by atoms with Gasteiger partial charge >= 0.3 is 0 Å². The molecule has 1 saturated heterocycles. The van der Waals surface area contributed by atoms with E-state index in [9.17, 15) is 0 Å². The van der Waals surface area contributed by atoms with Gasteiger partial charge in [0, 0.05) is 25.7 Å². The lowest BCUT2D eigenvalue weighted by atomic mass is 10.0. The highest BCUT2D eigenvalue weighted by Crippen LogP contribution is 2.32. The number of rotatable bonds is 10. The molecule has 0 radical (unpaired) electrons. The lowest BCUT2D eigenvalue weighted by Gasteiger charge is -2.35. The first-order valence-electron chi connectivity index (χ1n) is 9.47. The van der Waals surface area contributed by atoms with E-state index in [-0.39, 0.29) is 0 Å². The minimum Gasteiger partial charge on any atom is -0.493 e. The number of benzene rings is 1. The van der Waals surface area contributed by atoms with Crippen molar-refractivity contribution in [2.75, 3.05) is 53.6 Å². The third-order valence-corrected chi connectivity index (χ3v) is 5.20. The van der Waals surface area contributed by atoms with Crippen molar-refractivity contribution in [3.63, 3.8) is 0 Å². The van der Waals surface area contributed by atoms with Gasteiger partial charge in [-0.2, -0.15) is 0 Å². The standard InChI is InChI=1S/C20H34N2O3/c1-5-16(6-2)14-21-15-18(22-9-11-25-12-10-22)17-7-8-19(23-3)20(13-17)24-4/h7-8,13,16,18,21H,5-6,9-12,14-15H2,1-4H3. The Morgan fingerprint density at radius 1 is 1.04 bits per heavy atom. The van der Waals surface area contributed by atoms with Crippen molar-refractivity contribution >= 4 is 0 Å². The second-order valence-corrected chi connectivity index (χ2v) is 6.62. The lowest BCUT2D eigenvalue weighted by molar-refractivity contribution is 0.0159. The average molecular weight is 351 g/mol. The molecule has 1 fully saturated rings. The summed E-state index contributed by atoms with van der Waals surface area (Å²) in [6.07, 6.45) is 2.45. The summed E-state index contributed by atoms with van der Waals surface area (Å²) >= 11 is 0. The summed E-state index contributed by atoms with van der Waals surface area (Å²) < 4.78 is 16.4. The Hall–Kier alpha value is -1.30. The van der Waals surface area contributed by atoms with Crippen molar-refractivity contribution in [2.45, 2.75) is 32.7 Å². The summed E-state index contributed by atoms with van der Waals surface area (Å²) in [6.45, 7) is 10.1. The molecule has 0 spiro atoms. The van der Waals surface area contributed by atoms with Crippen molar-refractivity contribution < 1.29 is 14.2 Å². The van der Waals surface area contributed by atoms with Gasteiger partial charge in [0.25, 0.3) is 0 Å². The van der Waals surface area contributed by atoms with E-state index in [1.807, 2.05) is 6.07 Å². The molecule has 2 rings (SSSR count). The number of nitrogens with one attached hydrogen (secondary N) is 1. The fourth-order valence-electron chi connectivity index (χ4n) is 3.41. The van der Waals surface area contributed by atoms with Crippen LogP contribution in [0.3, 0.4) is 0 Å². The monoisotopic (exact) mass is 350 g/mol. The Morgan fingerprint density at radius 3 is 2.32 bits per heavy atom. The van der Waals surface area contributed by atoms with Gasteiger partial charge in [0.2, 0.25) is 0 Å². The predicted octanol–water partition coefficient (Wildman–Crippen LogP) is 3.10. The second kappa shape index (κ2) is 10.6. The Kier molecular flexibility index (Phi) is 8.52. The highest BCUT2D eigenvalue weighted by atomic mass is 16.5. The summed E-state index contributed by atoms with van der Waals surface area (Å²) in [5.74, 6) is 2.31. The summed E-state index contributed by atoms with van der Waals surface area (Å²) in [6, 6.07) is 6.58. The predicted molar refractivity (Wildman–Crippen MR) is 102 cm³/mol. The van der Waals surface area contributed by atoms with Crippen LogP contribution in [0.15, 0.2) is 18.2 Å². The molecule has 1 aliphatic heterocycles. The van der Waals surface area contributed by atoms with Gasteiger partial charge in [-0.25, -0.2) is 0 Å². The van der Waals surface area contributed by atoms with E-state index in [1.54, 1.807) is 14.2 Å². The first kappa shape index (κ1) is 20.0. The first-order valence-corrected chi connectivity index (χ1v) is 9.47. The van der Waals surface area contributed by atoms with Crippen molar-refractivity contribution in [1.29, 1.82) is 0 Å². The maximum Gasteiger partial charge on any atom is 0.161 e. The molecule has 1 N–H and O–H groups in total. The van der Waals surface area contributed by atoms with Crippen LogP contribution < -0.4 is 14.8 Å². The topological polar surface area (TPSA) is 43.0 Å². The van der Waals surface area contributed by atoms with Crippen molar-refractivity contribution in [1.82, 2.24) is 10.2 Å². The van der Waals surface area contributed by atoms with E-state index >= 15 is 0 Å². The minimum atomic E-state index is 0.318. The van der Waals surface area contributed by atoms with E-state index in [4.69, 9.17) is 14.2 Å². The van der Waals surface area contributed by atoms with Gasteiger partial charge in [-0.15, -0.1) is 0 Å². The quantitative estimate of drug-likeness (QED) is 0.702. The van der Waals surface area contributed by atoms with Gasteiger partial charge in [0.15, 0.2) is 11.5 Å². The van der Waals surface area contributed by atoms with Crippen LogP contribution in [-0.4, -0.2) is 58.5 Å². The molecule has 1 aliphatic rings. The maximum absolute atomic E-state index is 5.54. The maximum atomic E-state index is 5.54. The molecule has 1 heterocycles. The third kappa shape index (κ3) is 5.59. The number of hydrogen-bond donors (Lipinski definition) is 1. The molecule has 0 saturated carbocycles. The fourth-order valence-corrected chi connectivity index (χ4v) is 3.41. The van der Waals surface area contributed by atoms with Crippen LogP contribution in [0.2, 0.25) is 0 Å². The lowest BCUT2D eigenvalue weighted by Crippen LogP contribution is -2.43. The summed E-state index contributed by atoms with van der Waals surface area (Å²) in [5, 5.41) is 3.69. The zero-order chi connectivity index (χ0) is 18.1. The van der Waals surface area contributed by atoms with Gasteiger partial charge < -0.3 is 19.5 Å². The van der Waals surface area contributed by atoms with Crippen LogP contribution in [0.1, 0.15) is 38.3 Å². The highest BCUT2D eigenvalue weighted by molar-refractivity contribution is 5.44. The van der Waals surface area contributed by atoms with E-state index in [0.717, 1.165) is 56.8 Å². The molecular weight excluding hydrogens is 316 g/mol. The van der Waals surface area contributed by atoms with Gasteiger partial charge in [0.1, 0.15) is 0 Å². The average Bonchev–Trinajstić information content (AvgIpc) is 2.68. The van der Waals surface area contributed by atoms with Crippen LogP contribution in [0.25, 0.3) is 0 Å². The molecule has 25 heavy (non-hydrogen) atoms. The molecule has 0 amide bonds. The van der Waals surface area contributed by atoms with Gasteiger partial charge in [-0.3, -0.25) is 4.90 Å². The van der Waals surface area contributed by atoms with Crippen LogP contribution in [-0.2, 0) is 4.74 Å². The fraction of sp³-hybridized carbons (Fsp3) is 0.700. The summed E-state index contributed by atoms with van der Waals surface area (Å²) in [5.41, 5.74) is 1.26. The molecule has 5 nitrogen and oxygen atoms in total. The van der Waals surface area contributed by atoms with Crippen LogP contribution >= 0.6 is 0 Å². The first-order chi connectivity index (χ1) is 12.2. The van der Waals surface area contributed by atoms with Crippen LogP contribution in [0.5, 0.6) is 11.5 Å². The number of ether oxygens (including phenoxy) is 3. The smallest absolute Gasteiger partial charge is 0.161 e. The molecule has 1 atom stereocenters. The molecule has 1 unspecified atom stereocenters. The van der Waals surface area contributed by atoms with Gasteiger partial charge in [0.05, 0.1) is 27.4 Å². The molecule has 0 aromatic heterocycles. The van der Waals surface area contributed by atoms with E-state index < -0.39 is 0 Å². The van der Waals surface area contributed by atoms with Crippen molar-refractivity contribution in [3.8, 4) is 11.5 Å². The largest absolute Gasteiger partial charge is 0.493 e. The number of nitrogens with zero attached hydrogens (tertiary/aromatic N) is 1. The van der Waals surface area contributed by atoms with Gasteiger partial charge in [-0.1, -0.05) is 32.8 Å². The number of methoxy groups -OCH3 is 2. The molecule has 142 valence electrons. The van der Waals surface area contributed by atoms with E-state index in [1.165, 1.54) is 18.4 Å². The zero-order valence-electron chi connectivity index (χ0n) is 16.2. The van der Waals surface area contributed by atoms with Crippen molar-refractivity contribution in [2.24, 2.45) is 5.92 Å². The summed E-state index contributed by atoms with van der Waals surface area (Å²) in [7, 11) is 3.37. The molecular formula is C20H34N2O3. The highest BCUT2D eigenvalue weighted by Gasteiger charge is 2.23. The Balaban J connectivity index is 2.13. The normalized spacial score (nSPS) is 16.8.